The summed E-state index contributed by atoms with van der Waals surface area (Å²) in [4.78, 5) is 32.9. The van der Waals surface area contributed by atoms with Crippen LogP contribution in [0.1, 0.15) is 31.8 Å². The molecule has 5 rings (SSSR count). The number of rotatable bonds is 7. The molecule has 0 radical (unpaired) electrons. The molecule has 8 heteroatoms. The van der Waals surface area contributed by atoms with Gasteiger partial charge in [0.1, 0.15) is 0 Å². The summed E-state index contributed by atoms with van der Waals surface area (Å²) in [5, 5.41) is 0.457. The Morgan fingerprint density at radius 3 is 2.03 bits per heavy atom. The Kier molecular flexibility index (Phi) is 6.69. The smallest absolute Gasteiger partial charge is 0.260 e. The summed E-state index contributed by atoms with van der Waals surface area (Å²) in [5.41, 5.74) is 3.02. The molecule has 1 aromatic heterocycles. The van der Waals surface area contributed by atoms with E-state index >= 15 is 0 Å². The SMILES string of the molecule is CS(=O)(=O)c1ccc2nc(N(Cc3ccccc3)C(=O)c3ccc(C(=O)c4ccccc4)cc3)sc2c1. The fourth-order valence-corrected chi connectivity index (χ4v) is 5.63. The van der Waals surface area contributed by atoms with Gasteiger partial charge in [-0.2, -0.15) is 0 Å². The average Bonchev–Trinajstić information content (AvgIpc) is 3.35. The van der Waals surface area contributed by atoms with Crippen LogP contribution in [0.5, 0.6) is 0 Å². The molecule has 1 heterocycles. The largest absolute Gasteiger partial charge is 0.289 e. The van der Waals surface area contributed by atoms with Crippen molar-refractivity contribution in [3.05, 3.63) is 125 Å². The third-order valence-corrected chi connectivity index (χ3v) is 8.02. The fourth-order valence-electron chi connectivity index (χ4n) is 3.91. The monoisotopic (exact) mass is 526 g/mol. The molecule has 0 atom stereocenters. The Morgan fingerprint density at radius 2 is 1.38 bits per heavy atom. The Morgan fingerprint density at radius 1 is 0.784 bits per heavy atom. The van der Waals surface area contributed by atoms with Gasteiger partial charge in [-0.05, 0) is 35.9 Å². The molecule has 0 fully saturated rings. The van der Waals surface area contributed by atoms with Gasteiger partial charge in [-0.15, -0.1) is 0 Å². The van der Waals surface area contributed by atoms with Crippen LogP contribution in [0.3, 0.4) is 0 Å². The molecule has 1 amide bonds. The number of carbonyl (C=O) groups is 2. The maximum atomic E-state index is 13.7. The number of carbonyl (C=O) groups excluding carboxylic acids is 2. The summed E-state index contributed by atoms with van der Waals surface area (Å²) in [6, 6.07) is 29.9. The molecule has 0 bridgehead atoms. The highest BCUT2D eigenvalue weighted by atomic mass is 32.2. The van der Waals surface area contributed by atoms with Gasteiger partial charge in [0.05, 0.1) is 21.7 Å². The lowest BCUT2D eigenvalue weighted by Gasteiger charge is -2.20. The van der Waals surface area contributed by atoms with Crippen LogP contribution in [0.15, 0.2) is 108 Å². The standard InChI is InChI=1S/C29H22N2O4S2/c1-37(34,35)24-16-17-25-26(18-24)36-29(30-25)31(19-20-8-4-2-5-9-20)28(33)23-14-12-22(13-15-23)27(32)21-10-6-3-7-11-21/h2-18H,19H2,1H3. The van der Waals surface area contributed by atoms with Crippen LogP contribution in [0.4, 0.5) is 5.13 Å². The van der Waals surface area contributed by atoms with Crippen LogP contribution < -0.4 is 4.90 Å². The molecule has 0 aliphatic rings. The number of amides is 1. The first-order chi connectivity index (χ1) is 17.8. The van der Waals surface area contributed by atoms with E-state index in [1.807, 2.05) is 48.5 Å². The van der Waals surface area contributed by atoms with Gasteiger partial charge in [0.2, 0.25) is 0 Å². The second kappa shape index (κ2) is 10.1. The molecule has 0 aliphatic carbocycles. The summed E-state index contributed by atoms with van der Waals surface area (Å²) in [5.74, 6) is -0.390. The molecule has 0 N–H and O–H groups in total. The molecule has 0 spiro atoms. The zero-order valence-corrected chi connectivity index (χ0v) is 21.5. The third-order valence-electron chi connectivity index (χ3n) is 5.87. The molecule has 0 saturated carbocycles. The first kappa shape index (κ1) is 24.5. The van der Waals surface area contributed by atoms with Crippen molar-refractivity contribution in [2.24, 2.45) is 0 Å². The van der Waals surface area contributed by atoms with Gasteiger partial charge in [0.25, 0.3) is 5.91 Å². The minimum Gasteiger partial charge on any atom is -0.289 e. The molecule has 6 nitrogen and oxygen atoms in total. The molecule has 184 valence electrons. The molecular formula is C29H22N2O4S2. The van der Waals surface area contributed by atoms with Crippen molar-refractivity contribution in [2.45, 2.75) is 11.4 Å². The zero-order chi connectivity index (χ0) is 26.0. The van der Waals surface area contributed by atoms with Crippen molar-refractivity contribution < 1.29 is 18.0 Å². The number of fused-ring (bicyclic) bond motifs is 1. The fraction of sp³-hybridized carbons (Fsp3) is 0.0690. The van der Waals surface area contributed by atoms with Crippen molar-refractivity contribution in [2.75, 3.05) is 11.2 Å². The number of hydrogen-bond donors (Lipinski definition) is 0. The number of aromatic nitrogens is 1. The minimum atomic E-state index is -3.37. The van der Waals surface area contributed by atoms with E-state index in [0.29, 0.717) is 32.0 Å². The van der Waals surface area contributed by atoms with Crippen molar-refractivity contribution in [1.82, 2.24) is 4.98 Å². The van der Waals surface area contributed by atoms with E-state index in [-0.39, 0.29) is 23.1 Å². The maximum absolute atomic E-state index is 13.7. The number of ketones is 1. The first-order valence-electron chi connectivity index (χ1n) is 11.5. The van der Waals surface area contributed by atoms with Crippen molar-refractivity contribution >= 4 is 48.2 Å². The van der Waals surface area contributed by atoms with Gasteiger partial charge in [-0.25, -0.2) is 13.4 Å². The Hall–Kier alpha value is -4.14. The Bertz CT molecular complexity index is 1700. The third kappa shape index (κ3) is 5.35. The molecule has 37 heavy (non-hydrogen) atoms. The predicted octanol–water partition coefficient (Wildman–Crippen LogP) is 5.78. The zero-order valence-electron chi connectivity index (χ0n) is 19.9. The minimum absolute atomic E-state index is 0.117. The number of thiazole rings is 1. The van der Waals surface area contributed by atoms with E-state index in [1.54, 1.807) is 53.4 Å². The van der Waals surface area contributed by atoms with E-state index < -0.39 is 9.84 Å². The Balaban J connectivity index is 1.50. The van der Waals surface area contributed by atoms with Gasteiger partial charge in [0.15, 0.2) is 20.8 Å². The van der Waals surface area contributed by atoms with Gasteiger partial charge in [-0.1, -0.05) is 84.1 Å². The highest BCUT2D eigenvalue weighted by Crippen LogP contribution is 2.32. The molecular weight excluding hydrogens is 504 g/mol. The van der Waals surface area contributed by atoms with E-state index in [1.165, 1.54) is 17.4 Å². The first-order valence-corrected chi connectivity index (χ1v) is 14.2. The van der Waals surface area contributed by atoms with Crippen LogP contribution in [0.2, 0.25) is 0 Å². The van der Waals surface area contributed by atoms with Gasteiger partial charge < -0.3 is 0 Å². The molecule has 4 aromatic carbocycles. The van der Waals surface area contributed by atoms with Crippen LogP contribution in [0.25, 0.3) is 10.2 Å². The number of sulfone groups is 1. The molecule has 0 saturated heterocycles. The van der Waals surface area contributed by atoms with Crippen molar-refractivity contribution in [3.8, 4) is 0 Å². The van der Waals surface area contributed by atoms with Crippen LogP contribution in [-0.2, 0) is 16.4 Å². The summed E-state index contributed by atoms with van der Waals surface area (Å²) >= 11 is 1.26. The lowest BCUT2D eigenvalue weighted by Crippen LogP contribution is -2.30. The summed E-state index contributed by atoms with van der Waals surface area (Å²) in [6.07, 6.45) is 1.16. The van der Waals surface area contributed by atoms with E-state index in [4.69, 9.17) is 0 Å². The molecule has 0 unspecified atom stereocenters. The quantitative estimate of drug-likeness (QED) is 0.251. The molecule has 5 aromatic rings. The van der Waals surface area contributed by atoms with Crippen LogP contribution >= 0.6 is 11.3 Å². The van der Waals surface area contributed by atoms with E-state index in [9.17, 15) is 18.0 Å². The topological polar surface area (TPSA) is 84.4 Å². The summed E-state index contributed by atoms with van der Waals surface area (Å²) in [7, 11) is -3.37. The van der Waals surface area contributed by atoms with Crippen LogP contribution in [0, 0.1) is 0 Å². The normalized spacial score (nSPS) is 11.4. The number of anilines is 1. The molecule has 0 aliphatic heterocycles. The average molecular weight is 527 g/mol. The summed E-state index contributed by atoms with van der Waals surface area (Å²) in [6.45, 7) is 0.281. The van der Waals surface area contributed by atoms with E-state index in [0.717, 1.165) is 11.8 Å². The van der Waals surface area contributed by atoms with Gasteiger partial charge in [0, 0.05) is 22.9 Å². The second-order valence-corrected chi connectivity index (χ2v) is 11.6. The number of nitrogens with zero attached hydrogens (tertiary/aromatic N) is 2. The maximum Gasteiger partial charge on any atom is 0.260 e. The van der Waals surface area contributed by atoms with Gasteiger partial charge >= 0.3 is 0 Å². The Labute approximate surface area is 218 Å². The summed E-state index contributed by atoms with van der Waals surface area (Å²) < 4.78 is 24.7. The number of benzene rings is 4. The van der Waals surface area contributed by atoms with Crippen molar-refractivity contribution in [1.29, 1.82) is 0 Å². The predicted molar refractivity (Wildman–Crippen MR) is 146 cm³/mol. The van der Waals surface area contributed by atoms with Crippen LogP contribution in [-0.4, -0.2) is 31.3 Å². The highest BCUT2D eigenvalue weighted by Gasteiger charge is 2.23. The lowest BCUT2D eigenvalue weighted by atomic mass is 10.0. The second-order valence-electron chi connectivity index (χ2n) is 8.55. The highest BCUT2D eigenvalue weighted by molar-refractivity contribution is 7.90. The van der Waals surface area contributed by atoms with Gasteiger partial charge in [-0.3, -0.25) is 14.5 Å². The van der Waals surface area contributed by atoms with E-state index in [2.05, 4.69) is 4.98 Å². The number of hydrogen-bond acceptors (Lipinski definition) is 6. The van der Waals surface area contributed by atoms with Crippen molar-refractivity contribution in [3.63, 3.8) is 0 Å². The lowest BCUT2D eigenvalue weighted by molar-refractivity contribution is 0.0982.